The van der Waals surface area contributed by atoms with Crippen LogP contribution in [-0.4, -0.2) is 33.7 Å². The molecule has 0 bridgehead atoms. The molecule has 0 aliphatic heterocycles. The van der Waals surface area contributed by atoms with Crippen LogP contribution in [0.3, 0.4) is 0 Å². The van der Waals surface area contributed by atoms with Crippen LogP contribution in [0.15, 0.2) is 41.4 Å². The third kappa shape index (κ3) is 7.04. The van der Waals surface area contributed by atoms with Gasteiger partial charge in [-0.25, -0.2) is 9.59 Å². The fourth-order valence-electron chi connectivity index (χ4n) is 3.43. The Bertz CT molecular complexity index is 1070. The molecule has 6 heteroatoms. The number of rotatable bonds is 5. The highest BCUT2D eigenvalue weighted by Crippen LogP contribution is 2.30. The molecule has 0 spiro atoms. The largest absolute Gasteiger partial charge is 0.456 e. The molecule has 0 saturated heterocycles. The summed E-state index contributed by atoms with van der Waals surface area (Å²) in [6.45, 7) is 18.7. The Hall–Kier alpha value is -2.89. The summed E-state index contributed by atoms with van der Waals surface area (Å²) in [6, 6.07) is 11.2. The minimum atomic E-state index is -0.741. The maximum absolute atomic E-state index is 13.6. The Labute approximate surface area is 197 Å². The Balaban J connectivity index is 3.08. The number of hydrogen-bond acceptors (Lipinski definition) is 5. The van der Waals surface area contributed by atoms with Crippen LogP contribution in [0, 0.1) is 0 Å². The Morgan fingerprint density at radius 2 is 1.36 bits per heavy atom. The molecule has 0 aliphatic rings. The second kappa shape index (κ2) is 9.94. The van der Waals surface area contributed by atoms with E-state index in [9.17, 15) is 9.59 Å². The van der Waals surface area contributed by atoms with Crippen molar-refractivity contribution in [3.05, 3.63) is 53.1 Å². The predicted octanol–water partition coefficient (Wildman–Crippen LogP) is 5.96. The first-order chi connectivity index (χ1) is 15.1. The first kappa shape index (κ1) is 26.4. The second-order valence-electron chi connectivity index (χ2n) is 10.7. The van der Waals surface area contributed by atoms with Gasteiger partial charge in [-0.2, -0.15) is 0 Å². The van der Waals surface area contributed by atoms with Gasteiger partial charge in [-0.05, 0) is 80.9 Å². The van der Waals surface area contributed by atoms with Crippen molar-refractivity contribution in [2.45, 2.75) is 92.5 Å². The molecule has 0 N–H and O–H groups in total. The molecule has 6 nitrogen and oxygen atoms in total. The smallest absolute Gasteiger partial charge is 0.356 e. The summed E-state index contributed by atoms with van der Waals surface area (Å²) in [5.41, 5.74) is 0.833. The van der Waals surface area contributed by atoms with Crippen LogP contribution in [-0.2, 0) is 9.47 Å². The third-order valence-corrected chi connectivity index (χ3v) is 4.45. The van der Waals surface area contributed by atoms with Crippen LogP contribution < -0.4 is 5.49 Å². The van der Waals surface area contributed by atoms with E-state index in [1.807, 2.05) is 64.1 Å². The number of aromatic nitrogens is 1. The SMILES string of the molecule is CC(C)N=c1cc(-c2ccccc2)c(C(=O)OC(C)(C)C)c(C(=O)OC(C)(C)C)n1C(C)C. The first-order valence-corrected chi connectivity index (χ1v) is 11.5. The molecule has 1 heterocycles. The van der Waals surface area contributed by atoms with Crippen molar-refractivity contribution in [2.24, 2.45) is 4.99 Å². The zero-order valence-electron chi connectivity index (χ0n) is 21.6. The summed E-state index contributed by atoms with van der Waals surface area (Å²) >= 11 is 0. The van der Waals surface area contributed by atoms with E-state index in [4.69, 9.17) is 14.5 Å². The number of benzene rings is 1. The average molecular weight is 455 g/mol. The number of carbonyl (C=O) groups is 2. The number of esters is 2. The number of pyridine rings is 1. The lowest BCUT2D eigenvalue weighted by molar-refractivity contribution is 0.000671. The zero-order chi connectivity index (χ0) is 25.1. The summed E-state index contributed by atoms with van der Waals surface area (Å²) in [7, 11) is 0. The highest BCUT2D eigenvalue weighted by atomic mass is 16.6. The highest BCUT2D eigenvalue weighted by molar-refractivity contribution is 6.07. The van der Waals surface area contributed by atoms with Crippen LogP contribution in [0.4, 0.5) is 0 Å². The van der Waals surface area contributed by atoms with E-state index in [0.29, 0.717) is 11.1 Å². The van der Waals surface area contributed by atoms with Gasteiger partial charge in [0.05, 0.1) is 5.56 Å². The van der Waals surface area contributed by atoms with E-state index in [0.717, 1.165) is 5.56 Å². The van der Waals surface area contributed by atoms with Gasteiger partial charge in [-0.15, -0.1) is 0 Å². The van der Waals surface area contributed by atoms with Crippen molar-refractivity contribution in [1.82, 2.24) is 4.57 Å². The fourth-order valence-corrected chi connectivity index (χ4v) is 3.43. The molecular formula is C27H38N2O4. The predicted molar refractivity (Wildman–Crippen MR) is 131 cm³/mol. The molecule has 0 fully saturated rings. The Morgan fingerprint density at radius 1 is 0.848 bits per heavy atom. The van der Waals surface area contributed by atoms with E-state index in [-0.39, 0.29) is 23.3 Å². The number of hydrogen-bond donors (Lipinski definition) is 0. The molecule has 0 saturated carbocycles. The van der Waals surface area contributed by atoms with Crippen molar-refractivity contribution in [1.29, 1.82) is 0 Å². The second-order valence-corrected chi connectivity index (χ2v) is 10.7. The average Bonchev–Trinajstić information content (AvgIpc) is 2.64. The summed E-state index contributed by atoms with van der Waals surface area (Å²) in [6.07, 6.45) is 0. The third-order valence-electron chi connectivity index (χ3n) is 4.45. The van der Waals surface area contributed by atoms with Crippen LogP contribution in [0.25, 0.3) is 11.1 Å². The molecule has 1 aromatic carbocycles. The van der Waals surface area contributed by atoms with Crippen LogP contribution in [0.2, 0.25) is 0 Å². The molecule has 0 radical (unpaired) electrons. The number of ether oxygens (including phenoxy) is 2. The van der Waals surface area contributed by atoms with Gasteiger partial charge in [0.1, 0.15) is 22.4 Å². The standard InChI is InChI=1S/C27H38N2O4/c1-17(2)28-21-16-20(19-14-12-11-13-15-19)22(24(30)32-26(5,6)7)23(29(21)18(3)4)25(31)33-27(8,9)10/h11-18H,1-10H3. The minimum absolute atomic E-state index is 0.0162. The molecule has 0 aliphatic carbocycles. The van der Waals surface area contributed by atoms with Gasteiger partial charge in [0, 0.05) is 17.6 Å². The summed E-state index contributed by atoms with van der Waals surface area (Å²) in [5.74, 6) is -1.16. The van der Waals surface area contributed by atoms with Crippen molar-refractivity contribution in [2.75, 3.05) is 0 Å². The first-order valence-electron chi connectivity index (χ1n) is 11.5. The molecule has 180 valence electrons. The van der Waals surface area contributed by atoms with Crippen LogP contribution >= 0.6 is 0 Å². The Kier molecular flexibility index (Phi) is 7.94. The van der Waals surface area contributed by atoms with Crippen molar-refractivity contribution in [3.8, 4) is 11.1 Å². The normalized spacial score (nSPS) is 12.9. The topological polar surface area (TPSA) is 69.9 Å². The van der Waals surface area contributed by atoms with Gasteiger partial charge in [0.2, 0.25) is 0 Å². The van der Waals surface area contributed by atoms with E-state index in [1.54, 1.807) is 46.1 Å². The number of nitrogens with zero attached hydrogens (tertiary/aromatic N) is 2. The van der Waals surface area contributed by atoms with Gasteiger partial charge in [0.25, 0.3) is 0 Å². The van der Waals surface area contributed by atoms with E-state index < -0.39 is 23.1 Å². The number of carbonyl (C=O) groups excluding carboxylic acids is 2. The van der Waals surface area contributed by atoms with Crippen LogP contribution in [0.1, 0.15) is 96.1 Å². The van der Waals surface area contributed by atoms with Gasteiger partial charge in [-0.3, -0.25) is 4.99 Å². The lowest BCUT2D eigenvalue weighted by Crippen LogP contribution is -2.36. The molecule has 33 heavy (non-hydrogen) atoms. The minimum Gasteiger partial charge on any atom is -0.456 e. The van der Waals surface area contributed by atoms with Crippen molar-refractivity contribution < 1.29 is 19.1 Å². The molecule has 0 amide bonds. The molecule has 2 aromatic rings. The Morgan fingerprint density at radius 3 is 1.82 bits per heavy atom. The molecule has 2 rings (SSSR count). The monoisotopic (exact) mass is 454 g/mol. The van der Waals surface area contributed by atoms with Crippen molar-refractivity contribution in [3.63, 3.8) is 0 Å². The quantitative estimate of drug-likeness (QED) is 0.523. The van der Waals surface area contributed by atoms with E-state index >= 15 is 0 Å². The van der Waals surface area contributed by atoms with Gasteiger partial charge in [0.15, 0.2) is 0 Å². The van der Waals surface area contributed by atoms with Gasteiger partial charge in [-0.1, -0.05) is 30.3 Å². The zero-order valence-corrected chi connectivity index (χ0v) is 21.6. The van der Waals surface area contributed by atoms with Crippen molar-refractivity contribution >= 4 is 11.9 Å². The summed E-state index contributed by atoms with van der Waals surface area (Å²) < 4.78 is 13.3. The summed E-state index contributed by atoms with van der Waals surface area (Å²) in [5, 5.41) is 0. The molecule has 0 atom stereocenters. The van der Waals surface area contributed by atoms with Crippen LogP contribution in [0.5, 0.6) is 0 Å². The lowest BCUT2D eigenvalue weighted by atomic mass is 9.97. The molecular weight excluding hydrogens is 416 g/mol. The van der Waals surface area contributed by atoms with Gasteiger partial charge < -0.3 is 14.0 Å². The highest BCUT2D eigenvalue weighted by Gasteiger charge is 2.33. The lowest BCUT2D eigenvalue weighted by Gasteiger charge is -2.27. The molecule has 0 unspecified atom stereocenters. The molecule has 1 aromatic heterocycles. The maximum Gasteiger partial charge on any atom is 0.356 e. The maximum atomic E-state index is 13.6. The summed E-state index contributed by atoms with van der Waals surface area (Å²) in [4.78, 5) is 32.0. The van der Waals surface area contributed by atoms with Gasteiger partial charge >= 0.3 is 11.9 Å². The van der Waals surface area contributed by atoms with E-state index in [1.165, 1.54) is 0 Å². The van der Waals surface area contributed by atoms with E-state index in [2.05, 4.69) is 0 Å². The fraction of sp³-hybridized carbons (Fsp3) is 0.519.